The maximum absolute atomic E-state index is 8.69. The number of aliphatic hydroxyl groups excluding tert-OH is 1. The maximum atomic E-state index is 8.69. The lowest BCUT2D eigenvalue weighted by atomic mass is 10.1. The van der Waals surface area contributed by atoms with Crippen LogP contribution >= 0.6 is 11.3 Å². The lowest BCUT2D eigenvalue weighted by Gasteiger charge is -2.08. The monoisotopic (exact) mass is 294 g/mol. The van der Waals surface area contributed by atoms with Crippen molar-refractivity contribution in [1.82, 2.24) is 0 Å². The van der Waals surface area contributed by atoms with E-state index >= 15 is 0 Å². The number of fused-ring (bicyclic) bond motifs is 1. The van der Waals surface area contributed by atoms with E-state index in [1.807, 2.05) is 35.7 Å². The fourth-order valence-electron chi connectivity index (χ4n) is 2.13. The molecule has 0 atom stereocenters. The molecule has 0 spiro atoms. The maximum Gasteiger partial charge on any atom is 0.127 e. The standard InChI is InChI=1S/C18H14O2S/c19-10-4-5-14-11-16(21-13-14)12-20-18-9-3-7-15-6-1-2-8-17(15)18/h1-3,6-9,11,13,19H,10,12H2. The molecule has 0 aliphatic heterocycles. The summed E-state index contributed by atoms with van der Waals surface area (Å²) in [5, 5.41) is 13.0. The summed E-state index contributed by atoms with van der Waals surface area (Å²) in [7, 11) is 0. The van der Waals surface area contributed by atoms with Crippen LogP contribution in [0.1, 0.15) is 10.4 Å². The van der Waals surface area contributed by atoms with Crippen molar-refractivity contribution < 1.29 is 9.84 Å². The van der Waals surface area contributed by atoms with E-state index in [-0.39, 0.29) is 6.61 Å². The van der Waals surface area contributed by atoms with Gasteiger partial charge in [-0.2, -0.15) is 0 Å². The quantitative estimate of drug-likeness (QED) is 0.744. The van der Waals surface area contributed by atoms with E-state index in [9.17, 15) is 0 Å². The molecule has 1 N–H and O–H groups in total. The third-order valence-electron chi connectivity index (χ3n) is 3.09. The summed E-state index contributed by atoms with van der Waals surface area (Å²) < 4.78 is 5.94. The highest BCUT2D eigenvalue weighted by atomic mass is 32.1. The van der Waals surface area contributed by atoms with Crippen molar-refractivity contribution in [3.8, 4) is 17.6 Å². The third-order valence-corrected chi connectivity index (χ3v) is 4.00. The van der Waals surface area contributed by atoms with Gasteiger partial charge in [0, 0.05) is 21.2 Å². The summed E-state index contributed by atoms with van der Waals surface area (Å²) in [5.41, 5.74) is 0.922. The van der Waals surface area contributed by atoms with E-state index in [4.69, 9.17) is 9.84 Å². The minimum Gasteiger partial charge on any atom is -0.487 e. The highest BCUT2D eigenvalue weighted by Crippen LogP contribution is 2.26. The largest absolute Gasteiger partial charge is 0.487 e. The first-order valence-electron chi connectivity index (χ1n) is 6.64. The van der Waals surface area contributed by atoms with Crippen molar-refractivity contribution in [3.63, 3.8) is 0 Å². The van der Waals surface area contributed by atoms with Crippen molar-refractivity contribution in [3.05, 3.63) is 64.4 Å². The number of thiophene rings is 1. The van der Waals surface area contributed by atoms with Gasteiger partial charge in [0.2, 0.25) is 0 Å². The van der Waals surface area contributed by atoms with Gasteiger partial charge >= 0.3 is 0 Å². The van der Waals surface area contributed by atoms with Crippen molar-refractivity contribution >= 4 is 22.1 Å². The Balaban J connectivity index is 1.76. The van der Waals surface area contributed by atoms with Gasteiger partial charge in [0.1, 0.15) is 19.0 Å². The van der Waals surface area contributed by atoms with Crippen LogP contribution in [0.3, 0.4) is 0 Å². The van der Waals surface area contributed by atoms with Crippen LogP contribution in [-0.4, -0.2) is 11.7 Å². The van der Waals surface area contributed by atoms with Crippen LogP contribution in [0.15, 0.2) is 53.9 Å². The Hall–Kier alpha value is -2.28. The first-order valence-corrected chi connectivity index (χ1v) is 7.52. The van der Waals surface area contributed by atoms with Gasteiger partial charge in [-0.3, -0.25) is 0 Å². The number of rotatable bonds is 3. The zero-order chi connectivity index (χ0) is 14.5. The molecule has 0 bridgehead atoms. The second-order valence-electron chi connectivity index (χ2n) is 4.53. The summed E-state index contributed by atoms with van der Waals surface area (Å²) in [6.45, 7) is 0.414. The molecule has 2 nitrogen and oxygen atoms in total. The highest BCUT2D eigenvalue weighted by Gasteiger charge is 2.03. The number of benzene rings is 2. The molecule has 3 heteroatoms. The van der Waals surface area contributed by atoms with Crippen molar-refractivity contribution in [2.45, 2.75) is 6.61 Å². The zero-order valence-electron chi connectivity index (χ0n) is 11.4. The average molecular weight is 294 g/mol. The second-order valence-corrected chi connectivity index (χ2v) is 5.52. The normalized spacial score (nSPS) is 10.1. The SMILES string of the molecule is OCC#Cc1csc(COc2cccc3ccccc23)c1. The fraction of sp³-hybridized carbons (Fsp3) is 0.111. The molecule has 1 heterocycles. The third kappa shape index (κ3) is 3.25. The van der Waals surface area contributed by atoms with Crippen LogP contribution < -0.4 is 4.74 Å². The molecule has 0 saturated carbocycles. The zero-order valence-corrected chi connectivity index (χ0v) is 12.2. The predicted octanol–water partition coefficient (Wildman–Crippen LogP) is 3.82. The van der Waals surface area contributed by atoms with Crippen LogP contribution in [-0.2, 0) is 6.61 Å². The average Bonchev–Trinajstić information content (AvgIpc) is 2.99. The second kappa shape index (κ2) is 6.45. The van der Waals surface area contributed by atoms with Gasteiger partial charge in [-0.15, -0.1) is 11.3 Å². The van der Waals surface area contributed by atoms with E-state index in [1.54, 1.807) is 11.3 Å². The molecule has 3 rings (SSSR count). The summed E-state index contributed by atoms with van der Waals surface area (Å²) in [6.07, 6.45) is 0. The summed E-state index contributed by atoms with van der Waals surface area (Å²) in [4.78, 5) is 1.12. The van der Waals surface area contributed by atoms with Crippen LogP contribution in [0, 0.1) is 11.8 Å². The van der Waals surface area contributed by atoms with E-state index in [0.717, 1.165) is 21.6 Å². The molecule has 0 radical (unpaired) electrons. The molecular formula is C18H14O2S. The summed E-state index contributed by atoms with van der Waals surface area (Å²) in [5.74, 6) is 6.44. The first kappa shape index (κ1) is 13.7. The van der Waals surface area contributed by atoms with Gasteiger partial charge in [0.15, 0.2) is 0 Å². The Kier molecular flexibility index (Phi) is 4.20. The lowest BCUT2D eigenvalue weighted by Crippen LogP contribution is -1.93. The molecule has 0 aliphatic carbocycles. The van der Waals surface area contributed by atoms with Gasteiger partial charge < -0.3 is 9.84 Å². The molecule has 0 fully saturated rings. The minimum absolute atomic E-state index is 0.113. The van der Waals surface area contributed by atoms with Crippen LogP contribution in [0.4, 0.5) is 0 Å². The summed E-state index contributed by atoms with van der Waals surface area (Å²) in [6, 6.07) is 16.3. The first-order chi connectivity index (χ1) is 10.4. The molecule has 0 amide bonds. The molecule has 1 aromatic heterocycles. The number of hydrogen-bond acceptors (Lipinski definition) is 3. The van der Waals surface area contributed by atoms with Crippen molar-refractivity contribution in [1.29, 1.82) is 0 Å². The molecule has 2 aromatic carbocycles. The lowest BCUT2D eigenvalue weighted by molar-refractivity contribution is 0.313. The number of ether oxygens (including phenoxy) is 1. The van der Waals surface area contributed by atoms with Gasteiger partial charge in [0.25, 0.3) is 0 Å². The van der Waals surface area contributed by atoms with Crippen LogP contribution in [0.25, 0.3) is 10.8 Å². The molecule has 0 aliphatic rings. The van der Waals surface area contributed by atoms with Gasteiger partial charge in [-0.05, 0) is 17.5 Å². The Morgan fingerprint density at radius 2 is 1.95 bits per heavy atom. The highest BCUT2D eigenvalue weighted by molar-refractivity contribution is 7.10. The Morgan fingerprint density at radius 3 is 2.86 bits per heavy atom. The molecule has 0 saturated heterocycles. The van der Waals surface area contributed by atoms with E-state index in [0.29, 0.717) is 6.61 Å². The van der Waals surface area contributed by atoms with Crippen LogP contribution in [0.5, 0.6) is 5.75 Å². The Morgan fingerprint density at radius 1 is 1.10 bits per heavy atom. The fourth-order valence-corrected chi connectivity index (χ4v) is 2.86. The Labute approximate surface area is 127 Å². The topological polar surface area (TPSA) is 29.5 Å². The van der Waals surface area contributed by atoms with E-state index in [1.165, 1.54) is 5.39 Å². The molecule has 21 heavy (non-hydrogen) atoms. The predicted molar refractivity (Wildman–Crippen MR) is 86.6 cm³/mol. The van der Waals surface area contributed by atoms with Gasteiger partial charge in [0.05, 0.1) is 0 Å². The number of hydrogen-bond donors (Lipinski definition) is 1. The summed E-state index contributed by atoms with van der Waals surface area (Å²) >= 11 is 1.62. The molecule has 3 aromatic rings. The van der Waals surface area contributed by atoms with Gasteiger partial charge in [-0.25, -0.2) is 0 Å². The molecule has 0 unspecified atom stereocenters. The van der Waals surface area contributed by atoms with Crippen molar-refractivity contribution in [2.75, 3.05) is 6.61 Å². The van der Waals surface area contributed by atoms with Crippen molar-refractivity contribution in [2.24, 2.45) is 0 Å². The van der Waals surface area contributed by atoms with Crippen LogP contribution in [0.2, 0.25) is 0 Å². The van der Waals surface area contributed by atoms with E-state index < -0.39 is 0 Å². The Bertz CT molecular complexity index is 803. The smallest absolute Gasteiger partial charge is 0.127 e. The van der Waals surface area contributed by atoms with E-state index in [2.05, 4.69) is 30.0 Å². The minimum atomic E-state index is -0.113. The number of aliphatic hydroxyl groups is 1. The van der Waals surface area contributed by atoms with Gasteiger partial charge in [-0.1, -0.05) is 48.2 Å². The molecular weight excluding hydrogens is 280 g/mol. The molecule has 104 valence electrons.